The zero-order chi connectivity index (χ0) is 20.9. The molecule has 0 aliphatic heterocycles. The summed E-state index contributed by atoms with van der Waals surface area (Å²) in [6.45, 7) is 8.85. The summed E-state index contributed by atoms with van der Waals surface area (Å²) in [7, 11) is 0. The zero-order valence-corrected chi connectivity index (χ0v) is 17.7. The van der Waals surface area contributed by atoms with Crippen molar-refractivity contribution < 1.29 is 4.42 Å². The van der Waals surface area contributed by atoms with E-state index in [0.29, 0.717) is 23.5 Å². The van der Waals surface area contributed by atoms with Gasteiger partial charge in [-0.25, -0.2) is 4.98 Å². The van der Waals surface area contributed by atoms with E-state index in [4.69, 9.17) is 9.40 Å². The molecule has 1 aliphatic carbocycles. The number of pyridine rings is 2. The third-order valence-corrected chi connectivity index (χ3v) is 5.56. The van der Waals surface area contributed by atoms with Gasteiger partial charge in [0.2, 0.25) is 0 Å². The quantitative estimate of drug-likeness (QED) is 0.460. The Morgan fingerprint density at radius 1 is 1.10 bits per heavy atom. The van der Waals surface area contributed by atoms with Gasteiger partial charge in [0, 0.05) is 11.6 Å². The first-order chi connectivity index (χ1) is 14.4. The minimum absolute atomic E-state index is 0.0108. The van der Waals surface area contributed by atoms with E-state index in [1.165, 1.54) is 34.9 Å². The summed E-state index contributed by atoms with van der Waals surface area (Å²) in [5.74, 6) is 1.10. The number of fused-ring (bicyclic) bond motifs is 1. The lowest BCUT2D eigenvalue weighted by Crippen LogP contribution is -2.13. The summed E-state index contributed by atoms with van der Waals surface area (Å²) in [6, 6.07) is 10.8. The molecule has 0 amide bonds. The molecule has 0 unspecified atom stereocenters. The largest absolute Gasteiger partial charge is 0.401 e. The van der Waals surface area contributed by atoms with Crippen LogP contribution in [0.2, 0.25) is 0 Å². The second kappa shape index (κ2) is 6.90. The highest BCUT2D eigenvalue weighted by atomic mass is 16.4. The molecule has 3 heterocycles. The van der Waals surface area contributed by atoms with Crippen LogP contribution >= 0.6 is 0 Å². The summed E-state index contributed by atoms with van der Waals surface area (Å²) in [5, 5.41) is 12.6. The number of aromatic nitrogens is 4. The van der Waals surface area contributed by atoms with Crippen LogP contribution in [0.3, 0.4) is 0 Å². The fourth-order valence-electron chi connectivity index (χ4n) is 3.78. The van der Waals surface area contributed by atoms with Gasteiger partial charge in [0.1, 0.15) is 5.69 Å². The minimum atomic E-state index is -0.0108. The number of rotatable bonds is 4. The monoisotopic (exact) mass is 399 g/mol. The molecule has 0 bridgehead atoms. The molecule has 3 aromatic heterocycles. The maximum atomic E-state index is 5.85. The van der Waals surface area contributed by atoms with Crippen LogP contribution in [0.4, 0.5) is 11.7 Å². The molecule has 1 N–H and O–H groups in total. The number of benzene rings is 1. The molecule has 0 saturated heterocycles. The van der Waals surface area contributed by atoms with Crippen LogP contribution in [0.25, 0.3) is 22.5 Å². The lowest BCUT2D eigenvalue weighted by Gasteiger charge is -2.23. The van der Waals surface area contributed by atoms with Gasteiger partial charge in [-0.1, -0.05) is 31.9 Å². The van der Waals surface area contributed by atoms with E-state index in [9.17, 15) is 0 Å². The van der Waals surface area contributed by atoms with Crippen molar-refractivity contribution in [3.8, 4) is 11.6 Å². The van der Waals surface area contributed by atoms with Crippen molar-refractivity contribution in [2.45, 2.75) is 51.9 Å². The predicted molar refractivity (Wildman–Crippen MR) is 118 cm³/mol. The highest BCUT2D eigenvalue weighted by Gasteiger charge is 2.28. The molecule has 6 heteroatoms. The zero-order valence-electron chi connectivity index (χ0n) is 17.7. The normalized spacial score (nSPS) is 14.3. The van der Waals surface area contributed by atoms with Gasteiger partial charge in [0.25, 0.3) is 5.89 Å². The standard InChI is InChI=1S/C24H25N5O/c1-14-10-20(22-28-29-23(30-22)26-17-6-5-9-25-13-17)27-21-18(14)11-16(15-7-8-15)12-19(21)24(2,3)4/h5-6,9-13,15H,7-8H2,1-4H3,(H,26,29). The smallest absolute Gasteiger partial charge is 0.320 e. The Labute approximate surface area is 175 Å². The number of nitrogens with zero attached hydrogens (tertiary/aromatic N) is 4. The molecule has 0 radical (unpaired) electrons. The molecule has 1 aliphatic rings. The summed E-state index contributed by atoms with van der Waals surface area (Å²) in [5.41, 5.74) is 6.36. The summed E-state index contributed by atoms with van der Waals surface area (Å²) in [4.78, 5) is 9.06. The van der Waals surface area contributed by atoms with Gasteiger partial charge in [0.15, 0.2) is 0 Å². The molecule has 30 heavy (non-hydrogen) atoms. The fourth-order valence-corrected chi connectivity index (χ4v) is 3.78. The van der Waals surface area contributed by atoms with E-state index in [-0.39, 0.29) is 5.41 Å². The van der Waals surface area contributed by atoms with E-state index in [1.54, 1.807) is 12.4 Å². The van der Waals surface area contributed by atoms with Gasteiger partial charge in [0.05, 0.1) is 17.4 Å². The van der Waals surface area contributed by atoms with E-state index in [1.807, 2.05) is 18.2 Å². The fraction of sp³-hybridized carbons (Fsp3) is 0.333. The highest BCUT2D eigenvalue weighted by molar-refractivity contribution is 5.88. The van der Waals surface area contributed by atoms with Crippen molar-refractivity contribution in [2.24, 2.45) is 0 Å². The van der Waals surface area contributed by atoms with Crippen LogP contribution < -0.4 is 5.32 Å². The van der Waals surface area contributed by atoms with Crippen molar-refractivity contribution in [1.82, 2.24) is 20.2 Å². The Morgan fingerprint density at radius 2 is 1.93 bits per heavy atom. The molecular weight excluding hydrogens is 374 g/mol. The number of hydrogen-bond donors (Lipinski definition) is 1. The Morgan fingerprint density at radius 3 is 2.63 bits per heavy atom. The van der Waals surface area contributed by atoms with Crippen LogP contribution in [-0.4, -0.2) is 20.2 Å². The third-order valence-electron chi connectivity index (χ3n) is 5.56. The minimum Gasteiger partial charge on any atom is -0.401 e. The summed E-state index contributed by atoms with van der Waals surface area (Å²) >= 11 is 0. The highest BCUT2D eigenvalue weighted by Crippen LogP contribution is 2.44. The van der Waals surface area contributed by atoms with Gasteiger partial charge < -0.3 is 9.73 Å². The van der Waals surface area contributed by atoms with Gasteiger partial charge in [-0.15, -0.1) is 5.10 Å². The number of nitrogens with one attached hydrogen (secondary N) is 1. The third kappa shape index (κ3) is 3.54. The molecule has 1 saturated carbocycles. The number of hydrogen-bond acceptors (Lipinski definition) is 6. The number of anilines is 2. The molecule has 6 nitrogen and oxygen atoms in total. The van der Waals surface area contributed by atoms with Gasteiger partial charge in [-0.2, -0.15) is 0 Å². The average Bonchev–Trinajstić information content (AvgIpc) is 3.46. The Kier molecular flexibility index (Phi) is 4.31. The Bertz CT molecular complexity index is 1220. The summed E-state index contributed by atoms with van der Waals surface area (Å²) in [6.07, 6.45) is 5.99. The first kappa shape index (κ1) is 18.7. The molecule has 0 atom stereocenters. The maximum Gasteiger partial charge on any atom is 0.320 e. The molecule has 5 rings (SSSR count). The second-order valence-corrected chi connectivity index (χ2v) is 9.09. The lowest BCUT2D eigenvalue weighted by atomic mass is 9.83. The Balaban J connectivity index is 1.58. The lowest BCUT2D eigenvalue weighted by molar-refractivity contribution is 0.584. The van der Waals surface area contributed by atoms with Gasteiger partial charge in [-0.05, 0) is 72.1 Å². The molecule has 4 aromatic rings. The van der Waals surface area contributed by atoms with Crippen LogP contribution in [0.15, 0.2) is 47.1 Å². The predicted octanol–water partition coefficient (Wildman–Crippen LogP) is 5.91. The van der Waals surface area contributed by atoms with E-state index in [2.05, 4.69) is 60.3 Å². The van der Waals surface area contributed by atoms with Gasteiger partial charge in [-0.3, -0.25) is 4.98 Å². The maximum absolute atomic E-state index is 5.85. The Hall–Kier alpha value is -3.28. The van der Waals surface area contributed by atoms with Crippen molar-refractivity contribution in [2.75, 3.05) is 5.32 Å². The second-order valence-electron chi connectivity index (χ2n) is 9.09. The van der Waals surface area contributed by atoms with E-state index >= 15 is 0 Å². The first-order valence-corrected chi connectivity index (χ1v) is 10.4. The van der Waals surface area contributed by atoms with Crippen molar-refractivity contribution in [1.29, 1.82) is 0 Å². The number of aryl methyl sites for hydroxylation is 1. The van der Waals surface area contributed by atoms with Crippen molar-refractivity contribution in [3.05, 3.63) is 59.4 Å². The van der Waals surface area contributed by atoms with Gasteiger partial charge >= 0.3 is 6.01 Å². The van der Waals surface area contributed by atoms with Crippen molar-refractivity contribution >= 4 is 22.6 Å². The van der Waals surface area contributed by atoms with Crippen LogP contribution in [0.1, 0.15) is 56.2 Å². The van der Waals surface area contributed by atoms with Crippen LogP contribution in [-0.2, 0) is 5.41 Å². The topological polar surface area (TPSA) is 76.7 Å². The van der Waals surface area contributed by atoms with Crippen molar-refractivity contribution in [3.63, 3.8) is 0 Å². The molecular formula is C24H25N5O. The molecule has 152 valence electrons. The average molecular weight is 399 g/mol. The molecule has 1 fully saturated rings. The summed E-state index contributed by atoms with van der Waals surface area (Å²) < 4.78 is 5.85. The van der Waals surface area contributed by atoms with Crippen LogP contribution in [0, 0.1) is 6.92 Å². The van der Waals surface area contributed by atoms with Crippen LogP contribution in [0.5, 0.6) is 0 Å². The molecule has 0 spiro atoms. The van der Waals surface area contributed by atoms with E-state index in [0.717, 1.165) is 11.2 Å². The first-order valence-electron chi connectivity index (χ1n) is 10.4. The molecule has 1 aromatic carbocycles. The SMILES string of the molecule is Cc1cc(-c2nnc(Nc3cccnc3)o2)nc2c(C(C)(C)C)cc(C3CC3)cc12. The van der Waals surface area contributed by atoms with E-state index < -0.39 is 0 Å².